The molecule has 0 spiro atoms. The maximum atomic E-state index is 12.7. The van der Waals surface area contributed by atoms with E-state index in [9.17, 15) is 9.59 Å². The molecule has 154 valence electrons. The minimum atomic E-state index is -0.647. The van der Waals surface area contributed by atoms with Gasteiger partial charge in [-0.15, -0.1) is 0 Å². The molecule has 8 heteroatoms. The minimum Gasteiger partial charge on any atom is -0.454 e. The number of fused-ring (bicyclic) bond motifs is 1. The Morgan fingerprint density at radius 2 is 1.77 bits per heavy atom. The number of carbonyl (C=O) groups is 2. The second kappa shape index (κ2) is 8.05. The van der Waals surface area contributed by atoms with E-state index >= 15 is 0 Å². The van der Waals surface area contributed by atoms with Crippen molar-refractivity contribution < 1.29 is 23.8 Å². The number of hydrogen-bond donors (Lipinski definition) is 0. The van der Waals surface area contributed by atoms with Gasteiger partial charge < -0.3 is 18.8 Å². The molecule has 1 aliphatic heterocycles. The molecule has 0 radical (unpaired) electrons. The van der Waals surface area contributed by atoms with E-state index in [-0.39, 0.29) is 29.8 Å². The van der Waals surface area contributed by atoms with Crippen molar-refractivity contribution in [1.29, 1.82) is 0 Å². The van der Waals surface area contributed by atoms with Crippen molar-refractivity contribution >= 4 is 35.0 Å². The molecule has 3 aromatic rings. The lowest BCUT2D eigenvalue weighted by Gasteiger charge is -2.11. The fourth-order valence-electron chi connectivity index (χ4n) is 3.38. The van der Waals surface area contributed by atoms with E-state index in [4.69, 9.17) is 37.4 Å². The summed E-state index contributed by atoms with van der Waals surface area (Å²) >= 11 is 11.8. The number of benzene rings is 2. The summed E-state index contributed by atoms with van der Waals surface area (Å²) in [5, 5.41) is 0.574. The van der Waals surface area contributed by atoms with Gasteiger partial charge in [-0.2, -0.15) is 0 Å². The van der Waals surface area contributed by atoms with Gasteiger partial charge >= 0.3 is 5.97 Å². The Morgan fingerprint density at radius 1 is 1.00 bits per heavy atom. The molecular formula is C22H17Cl2NO5. The third-order valence-corrected chi connectivity index (χ3v) is 5.57. The summed E-state index contributed by atoms with van der Waals surface area (Å²) in [5.41, 5.74) is 3.16. The van der Waals surface area contributed by atoms with Crippen LogP contribution in [0.4, 0.5) is 0 Å². The first-order valence-electron chi connectivity index (χ1n) is 9.09. The molecule has 0 atom stereocenters. The van der Waals surface area contributed by atoms with Crippen molar-refractivity contribution in [3.8, 4) is 17.2 Å². The van der Waals surface area contributed by atoms with Crippen LogP contribution in [0.15, 0.2) is 42.5 Å². The molecular weight excluding hydrogens is 429 g/mol. The summed E-state index contributed by atoms with van der Waals surface area (Å²) in [6, 6.07) is 11.8. The smallest absolute Gasteiger partial charge is 0.338 e. The molecule has 0 unspecified atom stereocenters. The first-order valence-corrected chi connectivity index (χ1v) is 9.85. The number of ether oxygens (including phenoxy) is 3. The first-order chi connectivity index (χ1) is 14.3. The van der Waals surface area contributed by atoms with Gasteiger partial charge in [0, 0.05) is 28.7 Å². The summed E-state index contributed by atoms with van der Waals surface area (Å²) in [7, 11) is 0. The molecule has 2 heterocycles. The van der Waals surface area contributed by atoms with Gasteiger partial charge in [0.15, 0.2) is 18.1 Å². The standard InChI is InChI=1S/C22H17Cl2NO5/c1-12-7-16(13(2)25(12)15-4-6-20-21(9-15)30-11-29-20)19(26)10-28-22(27)14-3-5-17(23)18(24)8-14/h3-9H,10-11H2,1-2H3. The van der Waals surface area contributed by atoms with Gasteiger partial charge in [-0.25, -0.2) is 4.79 Å². The molecule has 0 bridgehead atoms. The molecule has 0 fully saturated rings. The monoisotopic (exact) mass is 445 g/mol. The van der Waals surface area contributed by atoms with Crippen LogP contribution in [0.2, 0.25) is 10.0 Å². The van der Waals surface area contributed by atoms with E-state index in [2.05, 4.69) is 0 Å². The molecule has 1 aromatic heterocycles. The molecule has 0 amide bonds. The highest BCUT2D eigenvalue weighted by Crippen LogP contribution is 2.35. The van der Waals surface area contributed by atoms with Crippen molar-refractivity contribution in [2.24, 2.45) is 0 Å². The number of hydrogen-bond acceptors (Lipinski definition) is 5. The third-order valence-electron chi connectivity index (χ3n) is 4.84. The Kier molecular flexibility index (Phi) is 5.45. The second-order valence-electron chi connectivity index (χ2n) is 6.79. The van der Waals surface area contributed by atoms with Gasteiger partial charge in [-0.3, -0.25) is 4.79 Å². The van der Waals surface area contributed by atoms with Crippen LogP contribution < -0.4 is 9.47 Å². The van der Waals surface area contributed by atoms with Crippen molar-refractivity contribution in [3.05, 3.63) is 75.0 Å². The van der Waals surface area contributed by atoms with Crippen molar-refractivity contribution in [1.82, 2.24) is 4.57 Å². The Hall–Kier alpha value is -2.96. The average molecular weight is 446 g/mol. The predicted molar refractivity (Wildman–Crippen MR) is 112 cm³/mol. The number of carbonyl (C=O) groups excluding carboxylic acids is 2. The van der Waals surface area contributed by atoms with Crippen LogP contribution in [0.1, 0.15) is 32.1 Å². The number of ketones is 1. The summed E-state index contributed by atoms with van der Waals surface area (Å²) in [5.74, 6) is 0.394. The lowest BCUT2D eigenvalue weighted by Crippen LogP contribution is -2.15. The van der Waals surface area contributed by atoms with E-state index in [0.29, 0.717) is 22.1 Å². The predicted octanol–water partition coefficient (Wildman–Crippen LogP) is 5.17. The van der Waals surface area contributed by atoms with Crippen molar-refractivity contribution in [2.75, 3.05) is 13.4 Å². The van der Waals surface area contributed by atoms with Crippen molar-refractivity contribution in [3.63, 3.8) is 0 Å². The molecule has 6 nitrogen and oxygen atoms in total. The molecule has 0 aliphatic carbocycles. The van der Waals surface area contributed by atoms with Crippen LogP contribution in [0.3, 0.4) is 0 Å². The van der Waals surface area contributed by atoms with E-state index in [1.165, 1.54) is 18.2 Å². The largest absolute Gasteiger partial charge is 0.454 e. The molecule has 30 heavy (non-hydrogen) atoms. The molecule has 0 N–H and O–H groups in total. The zero-order valence-corrected chi connectivity index (χ0v) is 17.7. The second-order valence-corrected chi connectivity index (χ2v) is 7.60. The minimum absolute atomic E-state index is 0.191. The Labute approximate surface area is 182 Å². The summed E-state index contributed by atoms with van der Waals surface area (Å²) in [6.45, 7) is 3.54. The molecule has 2 aromatic carbocycles. The Balaban J connectivity index is 1.52. The van der Waals surface area contributed by atoms with Gasteiger partial charge in [-0.05, 0) is 50.2 Å². The van der Waals surface area contributed by atoms with E-state index in [1.54, 1.807) is 6.07 Å². The average Bonchev–Trinajstić information content (AvgIpc) is 3.31. The normalized spacial score (nSPS) is 12.1. The number of Topliss-reactive ketones (excluding diaryl/α,β-unsaturated/α-hetero) is 1. The van der Waals surface area contributed by atoms with E-state index in [1.807, 2.05) is 36.6 Å². The van der Waals surface area contributed by atoms with E-state index < -0.39 is 5.97 Å². The zero-order valence-electron chi connectivity index (χ0n) is 16.2. The van der Waals surface area contributed by atoms with Crippen LogP contribution in [0, 0.1) is 13.8 Å². The number of halogens is 2. The highest BCUT2D eigenvalue weighted by molar-refractivity contribution is 6.42. The number of rotatable bonds is 5. The van der Waals surface area contributed by atoms with Crippen molar-refractivity contribution in [2.45, 2.75) is 13.8 Å². The van der Waals surface area contributed by atoms with Crippen LogP contribution in [0.25, 0.3) is 5.69 Å². The number of aryl methyl sites for hydroxylation is 1. The van der Waals surface area contributed by atoms with Gasteiger partial charge in [0.1, 0.15) is 0 Å². The molecule has 0 saturated carbocycles. The maximum absolute atomic E-state index is 12.7. The number of esters is 1. The van der Waals surface area contributed by atoms with Gasteiger partial charge in [-0.1, -0.05) is 23.2 Å². The van der Waals surface area contributed by atoms with Gasteiger partial charge in [0.05, 0.1) is 15.6 Å². The van der Waals surface area contributed by atoms with E-state index in [0.717, 1.165) is 17.1 Å². The topological polar surface area (TPSA) is 66.8 Å². The Morgan fingerprint density at radius 3 is 2.53 bits per heavy atom. The highest BCUT2D eigenvalue weighted by atomic mass is 35.5. The van der Waals surface area contributed by atoms with Gasteiger partial charge in [0.2, 0.25) is 12.6 Å². The summed E-state index contributed by atoms with van der Waals surface area (Å²) < 4.78 is 17.9. The highest BCUT2D eigenvalue weighted by Gasteiger charge is 2.21. The first kappa shape index (κ1) is 20.3. The van der Waals surface area contributed by atoms with Crippen LogP contribution in [0.5, 0.6) is 11.5 Å². The maximum Gasteiger partial charge on any atom is 0.338 e. The third kappa shape index (κ3) is 3.76. The zero-order chi connectivity index (χ0) is 21.4. The summed E-state index contributed by atoms with van der Waals surface area (Å²) in [4.78, 5) is 24.9. The van der Waals surface area contributed by atoms with Gasteiger partial charge in [0.25, 0.3) is 0 Å². The number of nitrogens with zero attached hydrogens (tertiary/aromatic N) is 1. The molecule has 0 saturated heterocycles. The molecule has 1 aliphatic rings. The number of aromatic nitrogens is 1. The lowest BCUT2D eigenvalue weighted by atomic mass is 10.1. The summed E-state index contributed by atoms with van der Waals surface area (Å²) in [6.07, 6.45) is 0. The lowest BCUT2D eigenvalue weighted by molar-refractivity contribution is 0.0474. The fraction of sp³-hybridized carbons (Fsp3) is 0.182. The molecule has 4 rings (SSSR count). The fourth-order valence-corrected chi connectivity index (χ4v) is 3.68. The quantitative estimate of drug-likeness (QED) is 0.400. The Bertz CT molecular complexity index is 1170. The SMILES string of the molecule is Cc1cc(C(=O)COC(=O)c2ccc(Cl)c(Cl)c2)c(C)n1-c1ccc2c(c1)OCO2. The van der Waals surface area contributed by atoms with Crippen LogP contribution in [-0.2, 0) is 4.74 Å². The van der Waals surface area contributed by atoms with Crippen LogP contribution in [-0.4, -0.2) is 29.7 Å². The van der Waals surface area contributed by atoms with Crippen LogP contribution >= 0.6 is 23.2 Å².